The van der Waals surface area contributed by atoms with Crippen molar-refractivity contribution in [1.82, 2.24) is 0 Å². The first-order chi connectivity index (χ1) is 12.4. The number of pyridine rings is 1. The maximum atomic E-state index is 2.54. The average molecular weight is 348 g/mol. The number of rotatable bonds is 17. The van der Waals surface area contributed by atoms with Crippen molar-refractivity contribution in [2.75, 3.05) is 18.1 Å². The van der Waals surface area contributed by atoms with Crippen LogP contribution in [-0.2, 0) is 0 Å². The van der Waals surface area contributed by atoms with Gasteiger partial charge in [-0.15, -0.1) is 0 Å². The lowest BCUT2D eigenvalue weighted by Crippen LogP contribution is -2.58. The molecule has 0 fully saturated rings. The van der Waals surface area contributed by atoms with Crippen LogP contribution >= 0.6 is 0 Å². The molecule has 0 saturated carbocycles. The van der Waals surface area contributed by atoms with Crippen molar-refractivity contribution in [1.29, 1.82) is 0 Å². The van der Waals surface area contributed by atoms with Crippen LogP contribution in [0.3, 0.4) is 0 Å². The van der Waals surface area contributed by atoms with E-state index in [1.807, 2.05) is 0 Å². The molecule has 25 heavy (non-hydrogen) atoms. The first-order valence-corrected chi connectivity index (χ1v) is 11.1. The lowest BCUT2D eigenvalue weighted by Gasteiger charge is -2.18. The summed E-state index contributed by atoms with van der Waals surface area (Å²) in [4.78, 5) is 0. The molecule has 0 aliphatic carbocycles. The third-order valence-corrected chi connectivity index (χ3v) is 5.07. The molecule has 0 amide bonds. The molecule has 0 aliphatic heterocycles. The van der Waals surface area contributed by atoms with Crippen molar-refractivity contribution in [3.63, 3.8) is 0 Å². The highest BCUT2D eigenvalue weighted by atomic mass is 15.5. The highest BCUT2D eigenvalue weighted by Gasteiger charge is 2.11. The first-order valence-electron chi connectivity index (χ1n) is 11.1. The van der Waals surface area contributed by atoms with Gasteiger partial charge in [0, 0.05) is 12.1 Å². The van der Waals surface area contributed by atoms with Crippen LogP contribution in [0.15, 0.2) is 30.6 Å². The van der Waals surface area contributed by atoms with Crippen molar-refractivity contribution >= 4 is 0 Å². The number of hydrogen-bond donors (Lipinski definition) is 0. The van der Waals surface area contributed by atoms with Gasteiger partial charge in [0.15, 0.2) is 12.4 Å². The number of aromatic nitrogens is 1. The topological polar surface area (TPSA) is 7.12 Å². The fraction of sp³-hybridized carbons (Fsp3) is 0.783. The van der Waals surface area contributed by atoms with E-state index in [9.17, 15) is 0 Å². The largest absolute Gasteiger partial charge is 0.199 e. The minimum Gasteiger partial charge on any atom is -0.181 e. The van der Waals surface area contributed by atoms with E-state index in [4.69, 9.17) is 0 Å². The van der Waals surface area contributed by atoms with E-state index in [1.54, 1.807) is 0 Å². The van der Waals surface area contributed by atoms with Crippen molar-refractivity contribution in [3.05, 3.63) is 30.6 Å². The van der Waals surface area contributed by atoms with Crippen LogP contribution < -0.4 is 9.69 Å². The monoisotopic (exact) mass is 347 g/mol. The summed E-state index contributed by atoms with van der Waals surface area (Å²) in [5.41, 5.74) is 0. The molecular weight excluding hydrogens is 304 g/mol. The molecule has 1 aromatic heterocycles. The van der Waals surface area contributed by atoms with Gasteiger partial charge in [0.1, 0.15) is 0 Å². The summed E-state index contributed by atoms with van der Waals surface area (Å²) < 4.78 is 2.30. The normalized spacial score (nSPS) is 11.0. The van der Waals surface area contributed by atoms with Crippen LogP contribution in [0.5, 0.6) is 0 Å². The molecule has 0 N–H and O–H groups in total. The molecule has 2 nitrogen and oxygen atoms in total. The second-order valence-electron chi connectivity index (χ2n) is 7.45. The summed E-state index contributed by atoms with van der Waals surface area (Å²) in [7, 11) is 0. The van der Waals surface area contributed by atoms with Gasteiger partial charge in [0.25, 0.3) is 0 Å². The van der Waals surface area contributed by atoms with Gasteiger partial charge < -0.3 is 0 Å². The van der Waals surface area contributed by atoms with E-state index >= 15 is 0 Å². The SMILES string of the molecule is CCCCCCCCCN(CCCCCCCCC)[n+]1ccccc1. The molecule has 0 unspecified atom stereocenters. The van der Waals surface area contributed by atoms with Gasteiger partial charge in [0.05, 0.1) is 13.1 Å². The maximum absolute atomic E-state index is 2.54. The smallest absolute Gasteiger partial charge is 0.181 e. The van der Waals surface area contributed by atoms with Crippen molar-refractivity contribution in [3.8, 4) is 0 Å². The van der Waals surface area contributed by atoms with Crippen LogP contribution in [0.1, 0.15) is 104 Å². The second kappa shape index (κ2) is 16.4. The van der Waals surface area contributed by atoms with E-state index in [-0.39, 0.29) is 0 Å². The molecule has 0 saturated heterocycles. The van der Waals surface area contributed by atoms with Gasteiger partial charge in [-0.1, -0.05) is 102 Å². The molecule has 0 radical (unpaired) electrons. The Morgan fingerprint density at radius 2 is 0.920 bits per heavy atom. The summed E-state index contributed by atoms with van der Waals surface area (Å²) >= 11 is 0. The van der Waals surface area contributed by atoms with E-state index < -0.39 is 0 Å². The van der Waals surface area contributed by atoms with E-state index in [1.165, 1.54) is 103 Å². The quantitative estimate of drug-likeness (QED) is 0.233. The summed E-state index contributed by atoms with van der Waals surface area (Å²) in [5.74, 6) is 0. The Kier molecular flexibility index (Phi) is 14.4. The summed E-state index contributed by atoms with van der Waals surface area (Å²) in [6.07, 6.45) is 23.8. The molecule has 1 rings (SSSR count). The van der Waals surface area contributed by atoms with E-state index in [0.717, 1.165) is 0 Å². The van der Waals surface area contributed by atoms with Crippen LogP contribution in [0.2, 0.25) is 0 Å². The molecule has 0 atom stereocenters. The zero-order valence-corrected chi connectivity index (χ0v) is 17.1. The fourth-order valence-corrected chi connectivity index (χ4v) is 3.42. The molecule has 1 heterocycles. The van der Waals surface area contributed by atoms with Crippen molar-refractivity contribution < 1.29 is 4.68 Å². The highest BCUT2D eigenvalue weighted by molar-refractivity contribution is 4.85. The van der Waals surface area contributed by atoms with Gasteiger partial charge in [-0.25, -0.2) is 0 Å². The van der Waals surface area contributed by atoms with Crippen LogP contribution in [0.4, 0.5) is 0 Å². The maximum Gasteiger partial charge on any atom is 0.199 e. The third kappa shape index (κ3) is 12.0. The number of unbranched alkanes of at least 4 members (excludes halogenated alkanes) is 12. The van der Waals surface area contributed by atoms with Crippen molar-refractivity contribution in [2.24, 2.45) is 0 Å². The summed E-state index contributed by atoms with van der Waals surface area (Å²) in [6.45, 7) is 6.97. The predicted molar refractivity (Wildman–Crippen MR) is 111 cm³/mol. The standard InChI is InChI=1S/C23H43N2/c1-3-5-7-9-11-13-16-20-24(25-22-18-15-19-23-25)21-17-14-12-10-8-6-4-2/h15,18-19,22-23H,3-14,16-17,20-21H2,1-2H3/q+1. The molecular formula is C23H43N2+. The van der Waals surface area contributed by atoms with Gasteiger partial charge in [-0.05, 0) is 12.8 Å². The molecule has 0 spiro atoms. The first kappa shape index (κ1) is 22.0. The van der Waals surface area contributed by atoms with E-state index in [2.05, 4.69) is 54.1 Å². The van der Waals surface area contributed by atoms with Crippen molar-refractivity contribution in [2.45, 2.75) is 104 Å². The fourth-order valence-electron chi connectivity index (χ4n) is 3.42. The second-order valence-corrected chi connectivity index (χ2v) is 7.45. The van der Waals surface area contributed by atoms with Crippen LogP contribution in [-0.4, -0.2) is 13.1 Å². The Balaban J connectivity index is 2.21. The lowest BCUT2D eigenvalue weighted by molar-refractivity contribution is -0.693. The molecule has 0 bridgehead atoms. The van der Waals surface area contributed by atoms with E-state index in [0.29, 0.717) is 0 Å². The van der Waals surface area contributed by atoms with Gasteiger partial charge in [-0.3, -0.25) is 0 Å². The zero-order valence-electron chi connectivity index (χ0n) is 17.1. The lowest BCUT2D eigenvalue weighted by atomic mass is 10.1. The van der Waals surface area contributed by atoms with Gasteiger partial charge >= 0.3 is 0 Å². The number of hydrogen-bond acceptors (Lipinski definition) is 1. The van der Waals surface area contributed by atoms with Gasteiger partial charge in [-0.2, -0.15) is 5.01 Å². The molecule has 1 aromatic rings. The highest BCUT2D eigenvalue weighted by Crippen LogP contribution is 2.09. The van der Waals surface area contributed by atoms with Crippen LogP contribution in [0, 0.1) is 0 Å². The Hall–Kier alpha value is -1.05. The Morgan fingerprint density at radius 3 is 1.36 bits per heavy atom. The Morgan fingerprint density at radius 1 is 0.520 bits per heavy atom. The van der Waals surface area contributed by atoms with Gasteiger partial charge in [0.2, 0.25) is 0 Å². The molecule has 0 aromatic carbocycles. The predicted octanol–water partition coefficient (Wildman–Crippen LogP) is 6.41. The Bertz CT molecular complexity index is 359. The molecule has 2 heteroatoms. The number of nitrogens with zero attached hydrogens (tertiary/aromatic N) is 2. The van der Waals surface area contributed by atoms with Crippen LogP contribution in [0.25, 0.3) is 0 Å². The average Bonchev–Trinajstić information content (AvgIpc) is 2.65. The third-order valence-electron chi connectivity index (χ3n) is 5.07. The summed E-state index contributed by atoms with van der Waals surface area (Å²) in [5, 5.41) is 2.54. The molecule has 0 aliphatic rings. The minimum absolute atomic E-state index is 1.19. The minimum atomic E-state index is 1.19. The Labute approximate surface area is 157 Å². The summed E-state index contributed by atoms with van der Waals surface area (Å²) in [6, 6.07) is 6.39. The zero-order chi connectivity index (χ0) is 18.0. The molecule has 144 valence electrons.